The van der Waals surface area contributed by atoms with Crippen LogP contribution in [-0.4, -0.2) is 26.8 Å². The molecule has 0 aliphatic heterocycles. The minimum atomic E-state index is -0.952. The summed E-state index contributed by atoms with van der Waals surface area (Å²) in [7, 11) is 0. The number of carbonyl (C=O) groups excluding carboxylic acids is 1. The van der Waals surface area contributed by atoms with Crippen molar-refractivity contribution in [3.63, 3.8) is 0 Å². The molecule has 1 amide bonds. The van der Waals surface area contributed by atoms with E-state index in [-0.39, 0.29) is 12.3 Å². The molecule has 7 nitrogen and oxygen atoms in total. The average Bonchev–Trinajstić information content (AvgIpc) is 3.55. The first-order valence-corrected chi connectivity index (χ1v) is 11.4. The van der Waals surface area contributed by atoms with Gasteiger partial charge >= 0.3 is 5.97 Å². The van der Waals surface area contributed by atoms with E-state index in [2.05, 4.69) is 11.5 Å². The third-order valence-electron chi connectivity index (χ3n) is 6.16. The number of hydrogen-bond donors (Lipinski definition) is 3. The van der Waals surface area contributed by atoms with E-state index in [1.807, 2.05) is 35.0 Å². The molecule has 4 aromatic rings. The van der Waals surface area contributed by atoms with Crippen molar-refractivity contribution in [1.82, 2.24) is 9.78 Å². The molecule has 7 heteroatoms. The first kappa shape index (κ1) is 21.9. The van der Waals surface area contributed by atoms with Crippen molar-refractivity contribution >= 4 is 28.5 Å². The molecule has 0 radical (unpaired) electrons. The summed E-state index contributed by atoms with van der Waals surface area (Å²) >= 11 is 0. The van der Waals surface area contributed by atoms with Gasteiger partial charge in [-0.3, -0.25) is 14.3 Å². The molecule has 0 spiro atoms. The number of nitrogens with one attached hydrogen (secondary N) is 1. The van der Waals surface area contributed by atoms with Gasteiger partial charge in [-0.2, -0.15) is 5.10 Å². The maximum atomic E-state index is 13.3. The van der Waals surface area contributed by atoms with Crippen LogP contribution in [0.25, 0.3) is 22.0 Å². The maximum Gasteiger partial charge on any atom is 0.307 e. The fourth-order valence-electron chi connectivity index (χ4n) is 4.22. The molecule has 1 aromatic heterocycles. The number of rotatable bonds is 8. The van der Waals surface area contributed by atoms with Gasteiger partial charge in [-0.05, 0) is 65.3 Å². The molecule has 1 fully saturated rings. The standard InChI is InChI=1S/C27H26N4O3/c28-14-18-4-3-6-19(10-18)22-11-21(12-25-23(22)16-31(30-25)15-17-8-9-17)27(34)29-24-7-2-1-5-20(24)13-26(32)33/h1-7,10-12,16-17H,8-9,13-15,28H2,(H,29,34)(H,32,33). The highest BCUT2D eigenvalue weighted by atomic mass is 16.4. The smallest absolute Gasteiger partial charge is 0.307 e. The van der Waals surface area contributed by atoms with Crippen LogP contribution in [0.2, 0.25) is 0 Å². The van der Waals surface area contributed by atoms with E-state index in [4.69, 9.17) is 10.8 Å². The number of anilines is 1. The molecular weight excluding hydrogens is 428 g/mol. The number of aliphatic carboxylic acids is 1. The summed E-state index contributed by atoms with van der Waals surface area (Å²) < 4.78 is 1.97. The van der Waals surface area contributed by atoms with Gasteiger partial charge in [-0.25, -0.2) is 0 Å². The number of fused-ring (bicyclic) bond motifs is 1. The summed E-state index contributed by atoms with van der Waals surface area (Å²) in [6.07, 6.45) is 4.34. The number of carboxylic acid groups (broad SMARTS) is 1. The van der Waals surface area contributed by atoms with Crippen molar-refractivity contribution in [2.45, 2.75) is 32.4 Å². The van der Waals surface area contributed by atoms with Crippen molar-refractivity contribution < 1.29 is 14.7 Å². The van der Waals surface area contributed by atoms with E-state index in [9.17, 15) is 14.7 Å². The number of amides is 1. The van der Waals surface area contributed by atoms with Crippen LogP contribution in [0.15, 0.2) is 66.9 Å². The first-order valence-electron chi connectivity index (χ1n) is 11.4. The van der Waals surface area contributed by atoms with E-state index in [0.29, 0.717) is 29.3 Å². The Bertz CT molecular complexity index is 1390. The van der Waals surface area contributed by atoms with Gasteiger partial charge in [0.1, 0.15) is 0 Å². The zero-order valence-corrected chi connectivity index (χ0v) is 18.7. The van der Waals surface area contributed by atoms with Crippen LogP contribution < -0.4 is 11.1 Å². The molecule has 0 bridgehead atoms. The van der Waals surface area contributed by atoms with Gasteiger partial charge in [-0.15, -0.1) is 0 Å². The van der Waals surface area contributed by atoms with Gasteiger partial charge in [0.05, 0.1) is 11.9 Å². The number of hydrogen-bond acceptors (Lipinski definition) is 4. The van der Waals surface area contributed by atoms with E-state index >= 15 is 0 Å². The number of benzene rings is 3. The quantitative estimate of drug-likeness (QED) is 0.364. The van der Waals surface area contributed by atoms with Gasteiger partial charge in [0.25, 0.3) is 5.91 Å². The van der Waals surface area contributed by atoms with Gasteiger partial charge in [0.2, 0.25) is 0 Å². The third-order valence-corrected chi connectivity index (χ3v) is 6.16. The number of nitrogens with two attached hydrogens (primary N) is 1. The van der Waals surface area contributed by atoms with Crippen LogP contribution in [0.3, 0.4) is 0 Å². The zero-order valence-electron chi connectivity index (χ0n) is 18.7. The minimum Gasteiger partial charge on any atom is -0.481 e. The lowest BCUT2D eigenvalue weighted by atomic mass is 9.97. The van der Waals surface area contributed by atoms with Crippen LogP contribution in [-0.2, 0) is 24.3 Å². The highest BCUT2D eigenvalue weighted by Crippen LogP contribution is 2.34. The second kappa shape index (κ2) is 9.11. The lowest BCUT2D eigenvalue weighted by Crippen LogP contribution is -2.14. The summed E-state index contributed by atoms with van der Waals surface area (Å²) in [5.74, 6) is -0.592. The highest BCUT2D eigenvalue weighted by Gasteiger charge is 2.23. The Balaban J connectivity index is 1.56. The Hall–Kier alpha value is -3.97. The summed E-state index contributed by atoms with van der Waals surface area (Å²) in [6, 6.07) is 18.6. The predicted molar refractivity (Wildman–Crippen MR) is 132 cm³/mol. The fourth-order valence-corrected chi connectivity index (χ4v) is 4.22. The molecule has 3 aromatic carbocycles. The number of carbonyl (C=O) groups is 2. The molecule has 4 N–H and O–H groups in total. The predicted octanol–water partition coefficient (Wildman–Crippen LogP) is 4.45. The van der Waals surface area contributed by atoms with Gasteiger partial charge in [-0.1, -0.05) is 36.4 Å². The van der Waals surface area contributed by atoms with Gasteiger partial charge in [0.15, 0.2) is 0 Å². The van der Waals surface area contributed by atoms with Crippen molar-refractivity contribution in [2.75, 3.05) is 5.32 Å². The largest absolute Gasteiger partial charge is 0.481 e. The summed E-state index contributed by atoms with van der Waals surface area (Å²) in [4.78, 5) is 24.5. The van der Waals surface area contributed by atoms with Crippen LogP contribution >= 0.6 is 0 Å². The van der Waals surface area contributed by atoms with Crippen molar-refractivity contribution in [3.8, 4) is 11.1 Å². The highest BCUT2D eigenvalue weighted by molar-refractivity contribution is 6.09. The maximum absolute atomic E-state index is 13.3. The van der Waals surface area contributed by atoms with Crippen LogP contribution in [0.5, 0.6) is 0 Å². The second-order valence-corrected chi connectivity index (χ2v) is 8.84. The van der Waals surface area contributed by atoms with Crippen LogP contribution in [0.4, 0.5) is 5.69 Å². The molecule has 34 heavy (non-hydrogen) atoms. The van der Waals surface area contributed by atoms with Crippen LogP contribution in [0.1, 0.15) is 34.3 Å². The second-order valence-electron chi connectivity index (χ2n) is 8.84. The number of para-hydroxylation sites is 1. The topological polar surface area (TPSA) is 110 Å². The Labute approximate surface area is 197 Å². The normalized spacial score (nSPS) is 13.2. The van der Waals surface area contributed by atoms with Crippen molar-refractivity contribution in [2.24, 2.45) is 11.7 Å². The summed E-state index contributed by atoms with van der Waals surface area (Å²) in [5, 5.41) is 17.8. The molecule has 0 atom stereocenters. The molecular formula is C27H26N4O3. The molecule has 5 rings (SSSR count). The molecule has 0 unspecified atom stereocenters. The zero-order chi connectivity index (χ0) is 23.7. The third kappa shape index (κ3) is 4.70. The summed E-state index contributed by atoms with van der Waals surface area (Å²) in [5.41, 5.74) is 11.0. The monoisotopic (exact) mass is 454 g/mol. The van der Waals surface area contributed by atoms with E-state index in [0.717, 1.165) is 34.1 Å². The molecule has 0 saturated heterocycles. The van der Waals surface area contributed by atoms with Crippen LogP contribution in [0, 0.1) is 5.92 Å². The number of aromatic nitrogens is 2. The molecule has 172 valence electrons. The number of nitrogens with zero attached hydrogens (tertiary/aromatic N) is 2. The van der Waals surface area contributed by atoms with Crippen molar-refractivity contribution in [1.29, 1.82) is 0 Å². The molecule has 1 heterocycles. The first-order chi connectivity index (χ1) is 16.5. The van der Waals surface area contributed by atoms with Crippen molar-refractivity contribution in [3.05, 3.63) is 83.6 Å². The van der Waals surface area contributed by atoms with Gasteiger partial charge < -0.3 is 16.2 Å². The van der Waals surface area contributed by atoms with E-state index in [1.165, 1.54) is 12.8 Å². The van der Waals surface area contributed by atoms with E-state index < -0.39 is 5.97 Å². The minimum absolute atomic E-state index is 0.168. The Morgan fingerprint density at radius 2 is 1.91 bits per heavy atom. The average molecular weight is 455 g/mol. The SMILES string of the molecule is NCc1cccc(-c2cc(C(=O)Nc3ccccc3CC(=O)O)cc3nn(CC4CC4)cc23)c1. The van der Waals surface area contributed by atoms with E-state index in [1.54, 1.807) is 30.3 Å². The lowest BCUT2D eigenvalue weighted by molar-refractivity contribution is -0.136. The molecule has 1 saturated carbocycles. The summed E-state index contributed by atoms with van der Waals surface area (Å²) in [6.45, 7) is 1.31. The Morgan fingerprint density at radius 1 is 1.09 bits per heavy atom. The number of carboxylic acids is 1. The Morgan fingerprint density at radius 3 is 2.68 bits per heavy atom. The fraction of sp³-hybridized carbons (Fsp3) is 0.222. The van der Waals surface area contributed by atoms with Gasteiger partial charge in [0, 0.05) is 35.9 Å². The molecule has 1 aliphatic carbocycles. The molecule has 1 aliphatic rings. The Kier molecular flexibility index (Phi) is 5.86. The lowest BCUT2D eigenvalue weighted by Gasteiger charge is -2.12.